The van der Waals surface area contributed by atoms with Crippen LogP contribution in [-0.4, -0.2) is 189 Å². The van der Waals surface area contributed by atoms with Crippen molar-refractivity contribution in [3.05, 3.63) is 0 Å². The Morgan fingerprint density at radius 2 is 0.511 bits per heavy atom. The van der Waals surface area contributed by atoms with Gasteiger partial charge in [0.1, 0.15) is 6.61 Å². The summed E-state index contributed by atoms with van der Waals surface area (Å²) in [4.78, 5) is 10.9. The molecule has 0 N–H and O–H groups in total. The number of carbonyl (C=O) groups is 1. The van der Waals surface area contributed by atoms with E-state index in [-0.39, 0.29) is 6.61 Å². The highest BCUT2D eigenvalue weighted by atomic mass is 127. The molecular weight excluding hydrogens is 715 g/mol. The van der Waals surface area contributed by atoms with Crippen LogP contribution < -0.4 is 0 Å². The maximum atomic E-state index is 10.9. The first-order chi connectivity index (χ1) is 22.3. The Hall–Kier alpha value is -0.320. The van der Waals surface area contributed by atoms with Gasteiger partial charge in [-0.2, -0.15) is 0 Å². The summed E-state index contributed by atoms with van der Waals surface area (Å²) in [5.74, 6) is -0.408. The quantitative estimate of drug-likeness (QED) is 0.0375. The maximum Gasteiger partial charge on any atom is 0.331 e. The lowest BCUT2D eigenvalue weighted by Gasteiger charge is -2.09. The second kappa shape index (κ2) is 41.7. The zero-order valence-electron chi connectivity index (χ0n) is 27.1. The summed E-state index contributed by atoms with van der Waals surface area (Å²) in [6, 6.07) is 0. The van der Waals surface area contributed by atoms with Crippen LogP contribution in [0.1, 0.15) is 0 Å². The molecule has 0 fully saturated rings. The number of rotatable bonds is 40. The van der Waals surface area contributed by atoms with Crippen LogP contribution in [0, 0.1) is 0 Å². The van der Waals surface area contributed by atoms with Gasteiger partial charge >= 0.3 is 5.97 Å². The fourth-order valence-electron chi connectivity index (χ4n) is 2.91. The van der Waals surface area contributed by atoms with Crippen molar-refractivity contribution in [2.24, 2.45) is 0 Å². The Kier molecular flexibility index (Phi) is 41.4. The Morgan fingerprint density at radius 3 is 0.689 bits per heavy atom. The molecule has 0 bridgehead atoms. The summed E-state index contributed by atoms with van der Waals surface area (Å²) >= 11 is 2.27. The third kappa shape index (κ3) is 41.7. The number of carbonyl (C=O) groups excluding carboxylic acids is 1. The Balaban J connectivity index is 3.05. The van der Waals surface area contributed by atoms with Gasteiger partial charge in [0.15, 0.2) is 0 Å². The summed E-state index contributed by atoms with van der Waals surface area (Å²) in [5.41, 5.74) is 0. The smallest absolute Gasteiger partial charge is 0.331 e. The van der Waals surface area contributed by atoms with Crippen molar-refractivity contribution in [2.75, 3.05) is 183 Å². The highest BCUT2D eigenvalue weighted by Gasteiger charge is 1.99. The molecule has 0 rings (SSSR count). The molecule has 0 heterocycles. The van der Waals surface area contributed by atoms with Crippen LogP contribution in [0.5, 0.6) is 0 Å². The molecular formula is C29H57IO15. The fraction of sp³-hybridized carbons (Fsp3) is 0.966. The minimum absolute atomic E-state index is 0.0706. The second-order valence-electron chi connectivity index (χ2n) is 8.67. The lowest BCUT2D eigenvalue weighted by atomic mass is 10.6. The van der Waals surface area contributed by atoms with E-state index in [0.717, 1.165) is 11.0 Å². The summed E-state index contributed by atoms with van der Waals surface area (Å²) in [6.07, 6.45) is 0. The largest absolute Gasteiger partial charge is 0.467 e. The molecule has 0 spiro atoms. The van der Waals surface area contributed by atoms with Gasteiger partial charge in [-0.05, 0) is 0 Å². The predicted octanol–water partition coefficient (Wildman–Crippen LogP) is 0.810. The Morgan fingerprint density at radius 1 is 0.333 bits per heavy atom. The van der Waals surface area contributed by atoms with Crippen LogP contribution in [0.15, 0.2) is 0 Å². The zero-order chi connectivity index (χ0) is 32.6. The fourth-order valence-corrected chi connectivity index (χ4v) is 3.22. The van der Waals surface area contributed by atoms with Crippen molar-refractivity contribution in [1.29, 1.82) is 0 Å². The van der Waals surface area contributed by atoms with E-state index >= 15 is 0 Å². The number of alkyl halides is 1. The molecule has 16 heteroatoms. The first-order valence-corrected chi connectivity index (χ1v) is 17.0. The van der Waals surface area contributed by atoms with Gasteiger partial charge in [0.2, 0.25) is 0 Å². The molecule has 0 radical (unpaired) electrons. The molecule has 0 saturated heterocycles. The number of halogens is 1. The van der Waals surface area contributed by atoms with E-state index in [1.165, 1.54) is 7.11 Å². The lowest BCUT2D eigenvalue weighted by Crippen LogP contribution is -2.16. The molecule has 0 atom stereocenters. The van der Waals surface area contributed by atoms with Crippen molar-refractivity contribution >= 4 is 28.6 Å². The van der Waals surface area contributed by atoms with Gasteiger partial charge in [-0.3, -0.25) is 0 Å². The average Bonchev–Trinajstić information content (AvgIpc) is 3.05. The molecule has 0 aromatic rings. The van der Waals surface area contributed by atoms with Gasteiger partial charge in [0, 0.05) is 4.43 Å². The van der Waals surface area contributed by atoms with E-state index < -0.39 is 5.97 Å². The lowest BCUT2D eigenvalue weighted by molar-refractivity contribution is -0.146. The summed E-state index contributed by atoms with van der Waals surface area (Å²) < 4.78 is 75.6. The van der Waals surface area contributed by atoms with Crippen molar-refractivity contribution in [3.63, 3.8) is 0 Å². The normalized spacial score (nSPS) is 11.4. The molecule has 0 saturated carbocycles. The van der Waals surface area contributed by atoms with E-state index in [4.69, 9.17) is 61.6 Å². The van der Waals surface area contributed by atoms with Crippen LogP contribution in [0.3, 0.4) is 0 Å². The summed E-state index contributed by atoms with van der Waals surface area (Å²) in [7, 11) is 1.31. The topological polar surface area (TPSA) is 146 Å². The van der Waals surface area contributed by atoms with E-state index in [1.54, 1.807) is 0 Å². The molecule has 0 aromatic carbocycles. The highest BCUT2D eigenvalue weighted by Crippen LogP contribution is 1.88. The Labute approximate surface area is 282 Å². The van der Waals surface area contributed by atoms with E-state index in [2.05, 4.69) is 27.3 Å². The first-order valence-electron chi connectivity index (χ1n) is 15.4. The highest BCUT2D eigenvalue weighted by molar-refractivity contribution is 14.1. The van der Waals surface area contributed by atoms with Gasteiger partial charge in [-0.1, -0.05) is 22.6 Å². The molecule has 45 heavy (non-hydrogen) atoms. The van der Waals surface area contributed by atoms with Crippen LogP contribution in [0.2, 0.25) is 0 Å². The third-order valence-corrected chi connectivity index (χ3v) is 5.57. The molecule has 0 aliphatic carbocycles. The van der Waals surface area contributed by atoms with Crippen LogP contribution in [0.25, 0.3) is 0 Å². The average molecular weight is 773 g/mol. The Bertz CT molecular complexity index is 566. The number of esters is 1. The maximum absolute atomic E-state index is 10.9. The van der Waals surface area contributed by atoms with Crippen molar-refractivity contribution in [2.45, 2.75) is 0 Å². The zero-order valence-corrected chi connectivity index (χ0v) is 29.3. The summed E-state index contributed by atoms with van der Waals surface area (Å²) in [5, 5.41) is 0. The number of hydrogen-bond acceptors (Lipinski definition) is 15. The van der Waals surface area contributed by atoms with E-state index in [1.807, 2.05) is 0 Å². The van der Waals surface area contributed by atoms with E-state index in [9.17, 15) is 4.79 Å². The van der Waals surface area contributed by atoms with Crippen LogP contribution >= 0.6 is 22.6 Å². The molecule has 15 nitrogen and oxygen atoms in total. The summed E-state index contributed by atoms with van der Waals surface area (Å²) in [6.45, 7) is 12.7. The van der Waals surface area contributed by atoms with Gasteiger partial charge in [0.05, 0.1) is 172 Å². The number of hydrogen-bond donors (Lipinski definition) is 0. The first kappa shape index (κ1) is 44.7. The number of methoxy groups -OCH3 is 1. The molecule has 270 valence electrons. The van der Waals surface area contributed by atoms with Gasteiger partial charge < -0.3 is 66.3 Å². The van der Waals surface area contributed by atoms with Crippen LogP contribution in [0.4, 0.5) is 0 Å². The van der Waals surface area contributed by atoms with Crippen molar-refractivity contribution in [1.82, 2.24) is 0 Å². The monoisotopic (exact) mass is 772 g/mol. The SMILES string of the molecule is COC(=O)COCCOCCOCCOCCOCCOCCOCCOCCOCCOCCOCCOCCOCCI. The van der Waals surface area contributed by atoms with Gasteiger partial charge in [-0.25, -0.2) is 4.79 Å². The van der Waals surface area contributed by atoms with Gasteiger partial charge in [0.25, 0.3) is 0 Å². The second-order valence-corrected chi connectivity index (χ2v) is 9.74. The molecule has 0 unspecified atom stereocenters. The standard InChI is InChI=1S/C29H57IO15/c1-32-29(31)28-45-27-26-44-25-24-43-23-22-42-21-20-41-19-18-40-17-16-39-15-14-38-13-12-37-11-10-36-9-8-35-7-6-34-5-4-33-3-2-30/h2-28H2,1H3. The molecule has 0 aliphatic heterocycles. The van der Waals surface area contributed by atoms with Gasteiger partial charge in [-0.15, -0.1) is 0 Å². The van der Waals surface area contributed by atoms with E-state index in [0.29, 0.717) is 159 Å². The number of ether oxygens (including phenoxy) is 14. The predicted molar refractivity (Wildman–Crippen MR) is 172 cm³/mol. The molecule has 0 aliphatic rings. The van der Waals surface area contributed by atoms with Crippen LogP contribution in [-0.2, 0) is 71.1 Å². The minimum Gasteiger partial charge on any atom is -0.467 e. The van der Waals surface area contributed by atoms with Crippen molar-refractivity contribution in [3.8, 4) is 0 Å². The minimum atomic E-state index is -0.408. The molecule has 0 amide bonds. The molecule has 0 aromatic heterocycles. The van der Waals surface area contributed by atoms with Crippen molar-refractivity contribution < 1.29 is 71.1 Å². The third-order valence-electron chi connectivity index (χ3n) is 5.13.